The van der Waals surface area contributed by atoms with E-state index in [9.17, 15) is 9.50 Å². The smallest absolute Gasteiger partial charge is 0.143 e. The summed E-state index contributed by atoms with van der Waals surface area (Å²) in [5, 5.41) is 10.8. The highest BCUT2D eigenvalue weighted by molar-refractivity contribution is 9.10. The van der Waals surface area contributed by atoms with Gasteiger partial charge in [0.2, 0.25) is 0 Å². The lowest BCUT2D eigenvalue weighted by molar-refractivity contribution is 0.214. The molecule has 0 aromatic heterocycles. The maximum absolute atomic E-state index is 13.9. The molecule has 0 aliphatic rings. The van der Waals surface area contributed by atoms with Gasteiger partial charge in [-0.25, -0.2) is 4.39 Å². The Morgan fingerprint density at radius 2 is 1.94 bits per heavy atom. The first-order valence-electron chi connectivity index (χ1n) is 5.38. The van der Waals surface area contributed by atoms with Gasteiger partial charge in [0.15, 0.2) is 0 Å². The van der Waals surface area contributed by atoms with Crippen molar-refractivity contribution < 1.29 is 9.50 Å². The number of halogens is 3. The van der Waals surface area contributed by atoms with Crippen molar-refractivity contribution in [2.45, 2.75) is 13.0 Å². The highest BCUT2D eigenvalue weighted by Crippen LogP contribution is 2.31. The van der Waals surface area contributed by atoms with Crippen molar-refractivity contribution in [2.24, 2.45) is 0 Å². The average Bonchev–Trinajstić information content (AvgIpc) is 2.35. The SMILES string of the molecule is Cc1ccc(Cl)cc1C(O)c1cccc(Br)c1F. The second kappa shape index (κ2) is 5.39. The first kappa shape index (κ1) is 13.5. The summed E-state index contributed by atoms with van der Waals surface area (Å²) in [4.78, 5) is 0. The Kier molecular flexibility index (Phi) is 4.05. The highest BCUT2D eigenvalue weighted by atomic mass is 79.9. The Morgan fingerprint density at radius 1 is 1.22 bits per heavy atom. The van der Waals surface area contributed by atoms with Gasteiger partial charge in [0, 0.05) is 10.6 Å². The van der Waals surface area contributed by atoms with Crippen molar-refractivity contribution in [3.63, 3.8) is 0 Å². The molecular weight excluding hydrogens is 319 g/mol. The largest absolute Gasteiger partial charge is 0.384 e. The van der Waals surface area contributed by atoms with Crippen LogP contribution < -0.4 is 0 Å². The second-order valence-electron chi connectivity index (χ2n) is 4.05. The summed E-state index contributed by atoms with van der Waals surface area (Å²) in [6.07, 6.45) is -1.03. The molecule has 94 valence electrons. The van der Waals surface area contributed by atoms with E-state index in [1.54, 1.807) is 36.4 Å². The standard InChI is InChI=1S/C14H11BrClFO/c1-8-5-6-9(16)7-11(8)14(18)10-3-2-4-12(15)13(10)17/h2-7,14,18H,1H3. The van der Waals surface area contributed by atoms with Crippen molar-refractivity contribution >= 4 is 27.5 Å². The first-order valence-corrected chi connectivity index (χ1v) is 6.56. The Morgan fingerprint density at radius 3 is 2.67 bits per heavy atom. The van der Waals surface area contributed by atoms with E-state index < -0.39 is 11.9 Å². The number of aryl methyl sites for hydroxylation is 1. The Balaban J connectivity index is 2.51. The van der Waals surface area contributed by atoms with Crippen molar-refractivity contribution in [2.75, 3.05) is 0 Å². The summed E-state index contributed by atoms with van der Waals surface area (Å²) < 4.78 is 14.3. The van der Waals surface area contributed by atoms with E-state index in [0.717, 1.165) is 5.56 Å². The van der Waals surface area contributed by atoms with Gasteiger partial charge in [-0.2, -0.15) is 0 Å². The molecule has 2 aromatic rings. The van der Waals surface area contributed by atoms with Crippen LogP contribution in [0.5, 0.6) is 0 Å². The van der Waals surface area contributed by atoms with Gasteiger partial charge in [-0.15, -0.1) is 0 Å². The third-order valence-corrected chi connectivity index (χ3v) is 3.66. The number of aliphatic hydroxyl groups excluding tert-OH is 1. The van der Waals surface area contributed by atoms with Gasteiger partial charge in [0.25, 0.3) is 0 Å². The van der Waals surface area contributed by atoms with Crippen LogP contribution in [-0.2, 0) is 0 Å². The molecule has 2 aromatic carbocycles. The van der Waals surface area contributed by atoms with Gasteiger partial charge in [0.05, 0.1) is 4.47 Å². The lowest BCUT2D eigenvalue weighted by atomic mass is 9.97. The number of aliphatic hydroxyl groups is 1. The molecule has 1 unspecified atom stereocenters. The molecule has 0 aliphatic carbocycles. The zero-order valence-corrected chi connectivity index (χ0v) is 12.0. The van der Waals surface area contributed by atoms with E-state index in [1.807, 2.05) is 6.92 Å². The van der Waals surface area contributed by atoms with E-state index in [1.165, 1.54) is 0 Å². The molecule has 1 atom stereocenters. The zero-order chi connectivity index (χ0) is 13.3. The zero-order valence-electron chi connectivity index (χ0n) is 9.62. The van der Waals surface area contributed by atoms with Crippen LogP contribution in [0.4, 0.5) is 4.39 Å². The number of benzene rings is 2. The third kappa shape index (κ3) is 2.58. The van der Waals surface area contributed by atoms with Gasteiger partial charge >= 0.3 is 0 Å². The molecule has 0 bridgehead atoms. The molecule has 0 radical (unpaired) electrons. The van der Waals surface area contributed by atoms with Crippen LogP contribution >= 0.6 is 27.5 Å². The average molecular weight is 330 g/mol. The Bertz CT molecular complexity index is 584. The van der Waals surface area contributed by atoms with Crippen LogP contribution in [0.3, 0.4) is 0 Å². The molecule has 0 spiro atoms. The van der Waals surface area contributed by atoms with Crippen molar-refractivity contribution in [1.29, 1.82) is 0 Å². The van der Waals surface area contributed by atoms with Gasteiger partial charge in [-0.1, -0.05) is 29.8 Å². The Hall–Kier alpha value is -0.900. The second-order valence-corrected chi connectivity index (χ2v) is 5.34. The molecule has 0 saturated carbocycles. The molecule has 2 rings (SSSR count). The van der Waals surface area contributed by atoms with Gasteiger partial charge < -0.3 is 5.11 Å². The Labute approximate surface area is 118 Å². The van der Waals surface area contributed by atoms with E-state index in [4.69, 9.17) is 11.6 Å². The maximum atomic E-state index is 13.9. The quantitative estimate of drug-likeness (QED) is 0.851. The van der Waals surface area contributed by atoms with E-state index in [2.05, 4.69) is 15.9 Å². The van der Waals surface area contributed by atoms with E-state index >= 15 is 0 Å². The van der Waals surface area contributed by atoms with Gasteiger partial charge in [-0.3, -0.25) is 0 Å². The van der Waals surface area contributed by atoms with Crippen LogP contribution in [0.15, 0.2) is 40.9 Å². The normalized spacial score (nSPS) is 12.5. The van der Waals surface area contributed by atoms with Crippen LogP contribution in [0.1, 0.15) is 22.8 Å². The fourth-order valence-corrected chi connectivity index (χ4v) is 2.37. The van der Waals surface area contributed by atoms with Crippen LogP contribution in [-0.4, -0.2) is 5.11 Å². The first-order chi connectivity index (χ1) is 8.50. The molecule has 0 heterocycles. The minimum absolute atomic E-state index is 0.231. The summed E-state index contributed by atoms with van der Waals surface area (Å²) in [5.41, 5.74) is 1.71. The summed E-state index contributed by atoms with van der Waals surface area (Å²) >= 11 is 9.01. The predicted octanol–water partition coefficient (Wildman–Crippen LogP) is 4.63. The molecule has 0 fully saturated rings. The van der Waals surface area contributed by atoms with E-state index in [-0.39, 0.29) is 5.56 Å². The summed E-state index contributed by atoms with van der Waals surface area (Å²) in [7, 11) is 0. The van der Waals surface area contributed by atoms with Crippen LogP contribution in [0.2, 0.25) is 5.02 Å². The van der Waals surface area contributed by atoms with Crippen LogP contribution in [0, 0.1) is 12.7 Å². The molecule has 0 saturated heterocycles. The van der Waals surface area contributed by atoms with Gasteiger partial charge in [0.1, 0.15) is 11.9 Å². The topological polar surface area (TPSA) is 20.2 Å². The minimum atomic E-state index is -1.03. The number of hydrogen-bond acceptors (Lipinski definition) is 1. The van der Waals surface area contributed by atoms with Crippen molar-refractivity contribution in [3.8, 4) is 0 Å². The fourth-order valence-electron chi connectivity index (χ4n) is 1.81. The lowest BCUT2D eigenvalue weighted by Crippen LogP contribution is -2.05. The van der Waals surface area contributed by atoms with Crippen molar-refractivity contribution in [1.82, 2.24) is 0 Å². The number of rotatable bonds is 2. The predicted molar refractivity (Wildman–Crippen MR) is 74.4 cm³/mol. The molecular formula is C14H11BrClFO. The lowest BCUT2D eigenvalue weighted by Gasteiger charge is -2.15. The van der Waals surface area contributed by atoms with Crippen LogP contribution in [0.25, 0.3) is 0 Å². The molecule has 18 heavy (non-hydrogen) atoms. The molecule has 4 heteroatoms. The highest BCUT2D eigenvalue weighted by Gasteiger charge is 2.18. The third-order valence-electron chi connectivity index (χ3n) is 2.81. The van der Waals surface area contributed by atoms with Gasteiger partial charge in [-0.05, 0) is 52.2 Å². The summed E-state index contributed by atoms with van der Waals surface area (Å²) in [6, 6.07) is 10.0. The molecule has 1 nitrogen and oxygen atoms in total. The summed E-state index contributed by atoms with van der Waals surface area (Å²) in [6.45, 7) is 1.85. The number of hydrogen-bond donors (Lipinski definition) is 1. The molecule has 1 N–H and O–H groups in total. The van der Waals surface area contributed by atoms with E-state index in [0.29, 0.717) is 15.1 Å². The molecule has 0 aliphatic heterocycles. The molecule has 0 amide bonds. The fraction of sp³-hybridized carbons (Fsp3) is 0.143. The summed E-state index contributed by atoms with van der Waals surface area (Å²) in [5.74, 6) is -0.454. The van der Waals surface area contributed by atoms with Crippen molar-refractivity contribution in [3.05, 3.63) is 68.4 Å². The maximum Gasteiger partial charge on any atom is 0.143 e. The monoisotopic (exact) mass is 328 g/mol. The minimum Gasteiger partial charge on any atom is -0.384 e.